The van der Waals surface area contributed by atoms with Crippen molar-refractivity contribution in [3.8, 4) is 0 Å². The molecule has 1 saturated heterocycles. The number of ether oxygens (including phenoxy) is 1. The van der Waals surface area contributed by atoms with Gasteiger partial charge in [-0.05, 0) is 12.3 Å². The van der Waals surface area contributed by atoms with Gasteiger partial charge in [0, 0.05) is 20.6 Å². The van der Waals surface area contributed by atoms with Crippen LogP contribution in [0.4, 0.5) is 4.79 Å². The Morgan fingerprint density at radius 1 is 1.32 bits per heavy atom. The minimum atomic E-state index is -0.910. The van der Waals surface area contributed by atoms with Crippen molar-refractivity contribution in [3.05, 3.63) is 0 Å². The fraction of sp³-hybridized carbons (Fsp3) is 0.846. The van der Waals surface area contributed by atoms with E-state index < -0.39 is 11.9 Å². The van der Waals surface area contributed by atoms with E-state index in [1.807, 2.05) is 0 Å². The van der Waals surface area contributed by atoms with Crippen LogP contribution in [-0.2, 0) is 9.53 Å². The van der Waals surface area contributed by atoms with Gasteiger partial charge in [-0.3, -0.25) is 4.79 Å². The molecule has 1 aliphatic heterocycles. The highest BCUT2D eigenvalue weighted by atomic mass is 16.5. The number of carbonyl (C=O) groups is 2. The molecule has 0 aromatic carbocycles. The van der Waals surface area contributed by atoms with Gasteiger partial charge in [0.15, 0.2) is 0 Å². The number of carboxylic acids is 1. The molecule has 110 valence electrons. The number of hydrogen-bond donors (Lipinski definition) is 1. The van der Waals surface area contributed by atoms with Crippen LogP contribution in [0.2, 0.25) is 0 Å². The molecule has 1 N–H and O–H groups in total. The van der Waals surface area contributed by atoms with Crippen molar-refractivity contribution in [2.45, 2.75) is 26.3 Å². The van der Waals surface area contributed by atoms with Gasteiger partial charge in [0.1, 0.15) is 5.92 Å². The molecule has 6 heteroatoms. The first-order chi connectivity index (χ1) is 8.84. The summed E-state index contributed by atoms with van der Waals surface area (Å²) in [5.41, 5.74) is 0. The van der Waals surface area contributed by atoms with Crippen LogP contribution in [0.1, 0.15) is 20.3 Å². The van der Waals surface area contributed by atoms with Crippen LogP contribution < -0.4 is 0 Å². The first kappa shape index (κ1) is 15.8. The molecule has 0 bridgehead atoms. The van der Waals surface area contributed by atoms with Gasteiger partial charge in [0.2, 0.25) is 0 Å². The maximum absolute atomic E-state index is 12.2. The van der Waals surface area contributed by atoms with E-state index in [2.05, 4.69) is 13.8 Å². The van der Waals surface area contributed by atoms with E-state index in [-0.39, 0.29) is 25.3 Å². The second-order valence-corrected chi connectivity index (χ2v) is 5.55. The van der Waals surface area contributed by atoms with Gasteiger partial charge in [0.05, 0.1) is 19.3 Å². The lowest BCUT2D eigenvalue weighted by Crippen LogP contribution is -2.49. The van der Waals surface area contributed by atoms with Gasteiger partial charge >= 0.3 is 12.0 Å². The lowest BCUT2D eigenvalue weighted by Gasteiger charge is -2.31. The lowest BCUT2D eigenvalue weighted by molar-refractivity contribution is -0.142. The molecule has 2 atom stereocenters. The van der Waals surface area contributed by atoms with Gasteiger partial charge in [-0.15, -0.1) is 0 Å². The molecule has 6 nitrogen and oxygen atoms in total. The van der Waals surface area contributed by atoms with Gasteiger partial charge in [0.25, 0.3) is 0 Å². The Morgan fingerprint density at radius 2 is 1.95 bits per heavy atom. The summed E-state index contributed by atoms with van der Waals surface area (Å²) in [4.78, 5) is 26.4. The van der Waals surface area contributed by atoms with E-state index in [0.29, 0.717) is 12.5 Å². The number of likely N-dealkylation sites (N-methyl/N-ethyl adjacent to an activating group) is 1. The number of urea groups is 1. The first-order valence-electron chi connectivity index (χ1n) is 6.63. The summed E-state index contributed by atoms with van der Waals surface area (Å²) in [7, 11) is 3.39. The van der Waals surface area contributed by atoms with Crippen LogP contribution in [0.25, 0.3) is 0 Å². The molecule has 1 rings (SSSR count). The minimum Gasteiger partial charge on any atom is -0.481 e. The van der Waals surface area contributed by atoms with E-state index >= 15 is 0 Å². The fourth-order valence-corrected chi connectivity index (χ4v) is 2.12. The Labute approximate surface area is 114 Å². The Bertz CT molecular complexity index is 333. The first-order valence-corrected chi connectivity index (χ1v) is 6.63. The molecule has 0 aromatic heterocycles. The summed E-state index contributed by atoms with van der Waals surface area (Å²) >= 11 is 0. The monoisotopic (exact) mass is 272 g/mol. The molecule has 0 radical (unpaired) electrons. The predicted molar refractivity (Wildman–Crippen MR) is 71.0 cm³/mol. The van der Waals surface area contributed by atoms with E-state index in [0.717, 1.165) is 6.42 Å². The predicted octanol–water partition coefficient (Wildman–Crippen LogP) is 1.12. The Balaban J connectivity index is 2.58. The van der Waals surface area contributed by atoms with Crippen molar-refractivity contribution in [1.82, 2.24) is 9.80 Å². The number of hydrogen-bond acceptors (Lipinski definition) is 3. The third-order valence-corrected chi connectivity index (χ3v) is 3.54. The summed E-state index contributed by atoms with van der Waals surface area (Å²) < 4.78 is 5.19. The highest BCUT2D eigenvalue weighted by Gasteiger charge is 2.39. The number of amides is 2. The normalized spacial score (nSPS) is 22.6. The van der Waals surface area contributed by atoms with Crippen LogP contribution in [0, 0.1) is 11.8 Å². The molecule has 1 heterocycles. The molecule has 19 heavy (non-hydrogen) atoms. The second kappa shape index (κ2) is 6.75. The van der Waals surface area contributed by atoms with Gasteiger partial charge < -0.3 is 19.6 Å². The van der Waals surface area contributed by atoms with Crippen LogP contribution >= 0.6 is 0 Å². The average molecular weight is 272 g/mol. The van der Waals surface area contributed by atoms with E-state index in [1.165, 1.54) is 4.90 Å². The fourth-order valence-electron chi connectivity index (χ4n) is 2.12. The molecule has 0 saturated carbocycles. The number of carboxylic acid groups (broad SMARTS) is 1. The van der Waals surface area contributed by atoms with Crippen molar-refractivity contribution >= 4 is 12.0 Å². The number of aliphatic carboxylic acids is 1. The largest absolute Gasteiger partial charge is 0.481 e. The van der Waals surface area contributed by atoms with E-state index in [9.17, 15) is 9.59 Å². The van der Waals surface area contributed by atoms with E-state index in [4.69, 9.17) is 9.84 Å². The van der Waals surface area contributed by atoms with Crippen molar-refractivity contribution < 1.29 is 19.4 Å². The Morgan fingerprint density at radius 3 is 2.47 bits per heavy atom. The van der Waals surface area contributed by atoms with Crippen molar-refractivity contribution in [1.29, 1.82) is 0 Å². The van der Waals surface area contributed by atoms with Gasteiger partial charge in [-0.25, -0.2) is 4.79 Å². The number of nitrogens with zero attached hydrogens (tertiary/aromatic N) is 2. The van der Waals surface area contributed by atoms with Gasteiger partial charge in [-0.2, -0.15) is 0 Å². The van der Waals surface area contributed by atoms with Gasteiger partial charge in [-0.1, -0.05) is 13.8 Å². The molecular formula is C13H24N2O4. The summed E-state index contributed by atoms with van der Waals surface area (Å²) in [6, 6.07) is -0.533. The molecular weight excluding hydrogens is 248 g/mol. The van der Waals surface area contributed by atoms with Crippen LogP contribution in [0.3, 0.4) is 0 Å². The van der Waals surface area contributed by atoms with E-state index in [1.54, 1.807) is 19.0 Å². The SMILES string of the molecule is CC(C)CCN(C)C(=O)N(C)C1COCC1C(=O)O. The molecule has 0 aromatic rings. The maximum Gasteiger partial charge on any atom is 0.319 e. The molecule has 2 amide bonds. The van der Waals surface area contributed by atoms with Crippen molar-refractivity contribution in [3.63, 3.8) is 0 Å². The topological polar surface area (TPSA) is 70.1 Å². The standard InChI is InChI=1S/C13H24N2O4/c1-9(2)5-6-14(3)13(18)15(4)11-8-19-7-10(11)12(16)17/h9-11H,5-8H2,1-4H3,(H,16,17). The quantitative estimate of drug-likeness (QED) is 0.814. The smallest absolute Gasteiger partial charge is 0.319 e. The zero-order chi connectivity index (χ0) is 14.6. The number of rotatable bonds is 5. The van der Waals surface area contributed by atoms with Crippen molar-refractivity contribution in [2.75, 3.05) is 33.9 Å². The average Bonchev–Trinajstić information content (AvgIpc) is 2.83. The third-order valence-electron chi connectivity index (χ3n) is 3.54. The summed E-state index contributed by atoms with van der Waals surface area (Å²) in [5.74, 6) is -1.01. The zero-order valence-electron chi connectivity index (χ0n) is 12.1. The molecule has 1 fully saturated rings. The molecule has 2 unspecified atom stereocenters. The molecule has 1 aliphatic rings. The maximum atomic E-state index is 12.2. The minimum absolute atomic E-state index is 0.151. The van der Waals surface area contributed by atoms with Crippen molar-refractivity contribution in [2.24, 2.45) is 11.8 Å². The van der Waals surface area contributed by atoms with Crippen LogP contribution in [-0.4, -0.2) is 66.8 Å². The Kier molecular flexibility index (Phi) is 5.60. The summed E-state index contributed by atoms with van der Waals surface area (Å²) in [6.45, 7) is 5.34. The van der Waals surface area contributed by atoms with Crippen LogP contribution in [0.15, 0.2) is 0 Å². The third kappa shape index (κ3) is 4.09. The highest BCUT2D eigenvalue weighted by Crippen LogP contribution is 2.20. The van der Waals surface area contributed by atoms with Crippen LogP contribution in [0.5, 0.6) is 0 Å². The molecule has 0 spiro atoms. The Hall–Kier alpha value is -1.30. The summed E-state index contributed by atoms with van der Waals surface area (Å²) in [5, 5.41) is 9.10. The highest BCUT2D eigenvalue weighted by molar-refractivity contribution is 5.77. The lowest BCUT2D eigenvalue weighted by atomic mass is 10.0. The summed E-state index contributed by atoms with van der Waals surface area (Å²) in [6.07, 6.45) is 0.930. The second-order valence-electron chi connectivity index (χ2n) is 5.55. The number of carbonyl (C=O) groups excluding carboxylic acids is 1. The molecule has 0 aliphatic carbocycles. The zero-order valence-corrected chi connectivity index (χ0v) is 12.1.